The van der Waals surface area contributed by atoms with Gasteiger partial charge in [0.05, 0.1) is 19.1 Å². The van der Waals surface area contributed by atoms with E-state index in [1.807, 2.05) is 95.6 Å². The van der Waals surface area contributed by atoms with Crippen LogP contribution in [0.4, 0.5) is 0 Å². The molecule has 1 aromatic heterocycles. The van der Waals surface area contributed by atoms with Crippen molar-refractivity contribution in [3.8, 4) is 28.6 Å². The van der Waals surface area contributed by atoms with E-state index in [0.717, 1.165) is 28.1 Å². The Morgan fingerprint density at radius 1 is 0.951 bits per heavy atom. The Balaban J connectivity index is 1.23. The predicted molar refractivity (Wildman–Crippen MR) is 162 cm³/mol. The average Bonchev–Trinajstić information content (AvgIpc) is 3.44. The number of amides is 1. The van der Waals surface area contributed by atoms with E-state index in [-0.39, 0.29) is 11.7 Å². The van der Waals surface area contributed by atoms with Gasteiger partial charge in [0.15, 0.2) is 11.0 Å². The molecule has 0 saturated carbocycles. The Morgan fingerprint density at radius 2 is 1.73 bits per heavy atom. The SMILES string of the molecule is COc1ccc(-c2nnc(SCC(=O)NN=Cc3cccc(OCc4ccccc4)c3)n2-c2ccc(Cl)cc2)cc1. The zero-order valence-corrected chi connectivity index (χ0v) is 23.7. The van der Waals surface area contributed by atoms with E-state index in [0.29, 0.717) is 28.4 Å². The number of benzene rings is 4. The number of thioether (sulfide) groups is 1. The molecule has 0 aliphatic rings. The number of methoxy groups -OCH3 is 1. The molecular formula is C31H26ClN5O3S. The maximum atomic E-state index is 12.6. The summed E-state index contributed by atoms with van der Waals surface area (Å²) < 4.78 is 13.0. The molecule has 0 spiro atoms. The summed E-state index contributed by atoms with van der Waals surface area (Å²) in [6.45, 7) is 0.468. The van der Waals surface area contributed by atoms with E-state index in [2.05, 4.69) is 20.7 Å². The second kappa shape index (κ2) is 13.6. The number of carbonyl (C=O) groups excluding carboxylic acids is 1. The van der Waals surface area contributed by atoms with Crippen LogP contribution in [0.2, 0.25) is 5.02 Å². The summed E-state index contributed by atoms with van der Waals surface area (Å²) >= 11 is 7.37. The van der Waals surface area contributed by atoms with Crippen LogP contribution >= 0.6 is 23.4 Å². The summed E-state index contributed by atoms with van der Waals surface area (Å²) in [7, 11) is 1.62. The predicted octanol–water partition coefficient (Wildman–Crippen LogP) is 6.42. The first-order chi connectivity index (χ1) is 20.1. The minimum Gasteiger partial charge on any atom is -0.497 e. The largest absolute Gasteiger partial charge is 0.497 e. The molecule has 41 heavy (non-hydrogen) atoms. The lowest BCUT2D eigenvalue weighted by atomic mass is 10.2. The highest BCUT2D eigenvalue weighted by Crippen LogP contribution is 2.29. The van der Waals surface area contributed by atoms with Crippen molar-refractivity contribution in [1.82, 2.24) is 20.2 Å². The molecule has 10 heteroatoms. The molecular weight excluding hydrogens is 558 g/mol. The first kappa shape index (κ1) is 27.9. The monoisotopic (exact) mass is 583 g/mol. The number of hydrogen-bond donors (Lipinski definition) is 1. The molecule has 5 rings (SSSR count). The van der Waals surface area contributed by atoms with Crippen LogP contribution in [0.3, 0.4) is 0 Å². The summed E-state index contributed by atoms with van der Waals surface area (Å²) in [5.41, 5.74) is 6.13. The van der Waals surface area contributed by atoms with Crippen molar-refractivity contribution < 1.29 is 14.3 Å². The lowest BCUT2D eigenvalue weighted by molar-refractivity contribution is -0.118. The topological polar surface area (TPSA) is 90.6 Å². The van der Waals surface area contributed by atoms with Gasteiger partial charge in [-0.1, -0.05) is 65.8 Å². The number of nitrogens with zero attached hydrogens (tertiary/aromatic N) is 4. The summed E-state index contributed by atoms with van der Waals surface area (Å²) in [5, 5.41) is 14.1. The molecule has 0 radical (unpaired) electrons. The first-order valence-corrected chi connectivity index (χ1v) is 14.0. The maximum Gasteiger partial charge on any atom is 0.250 e. The van der Waals surface area contributed by atoms with E-state index in [4.69, 9.17) is 21.1 Å². The third-order valence-electron chi connectivity index (χ3n) is 5.91. The Kier molecular flexibility index (Phi) is 9.30. The summed E-state index contributed by atoms with van der Waals surface area (Å²) in [4.78, 5) is 12.6. The second-order valence-electron chi connectivity index (χ2n) is 8.78. The molecule has 8 nitrogen and oxygen atoms in total. The van der Waals surface area contributed by atoms with Crippen molar-refractivity contribution >= 4 is 35.5 Å². The van der Waals surface area contributed by atoms with Gasteiger partial charge in [-0.05, 0) is 71.8 Å². The Bertz CT molecular complexity index is 1620. The van der Waals surface area contributed by atoms with Crippen LogP contribution in [0.5, 0.6) is 11.5 Å². The number of hydrazone groups is 1. The van der Waals surface area contributed by atoms with Gasteiger partial charge in [0.1, 0.15) is 18.1 Å². The molecule has 206 valence electrons. The van der Waals surface area contributed by atoms with Crippen molar-refractivity contribution in [2.24, 2.45) is 5.10 Å². The standard InChI is InChI=1S/C31H26ClN5O3S/c1-39-27-16-10-24(11-17-27)30-35-36-31(37(30)26-14-12-25(32)13-15-26)41-21-29(38)34-33-19-23-8-5-9-28(18-23)40-20-22-6-3-2-4-7-22/h2-19H,20-21H2,1H3,(H,34,38). The molecule has 0 saturated heterocycles. The van der Waals surface area contributed by atoms with Gasteiger partial charge in [0, 0.05) is 16.3 Å². The van der Waals surface area contributed by atoms with Crippen LogP contribution in [-0.4, -0.2) is 39.7 Å². The molecule has 0 aliphatic heterocycles. The lowest BCUT2D eigenvalue weighted by Gasteiger charge is -2.11. The molecule has 0 unspecified atom stereocenters. The van der Waals surface area contributed by atoms with Crippen molar-refractivity contribution in [1.29, 1.82) is 0 Å². The fourth-order valence-electron chi connectivity index (χ4n) is 3.88. The zero-order valence-electron chi connectivity index (χ0n) is 22.1. The van der Waals surface area contributed by atoms with Gasteiger partial charge in [-0.3, -0.25) is 9.36 Å². The van der Waals surface area contributed by atoms with Gasteiger partial charge in [0.25, 0.3) is 5.91 Å². The normalized spacial score (nSPS) is 11.0. The van der Waals surface area contributed by atoms with Gasteiger partial charge in [0.2, 0.25) is 0 Å². The Morgan fingerprint density at radius 3 is 2.49 bits per heavy atom. The quantitative estimate of drug-likeness (QED) is 0.110. The lowest BCUT2D eigenvalue weighted by Crippen LogP contribution is -2.20. The van der Waals surface area contributed by atoms with Gasteiger partial charge < -0.3 is 9.47 Å². The summed E-state index contributed by atoms with van der Waals surface area (Å²) in [5.74, 6) is 1.90. The minimum atomic E-state index is -0.278. The molecule has 0 aliphatic carbocycles. The number of halogens is 1. The van der Waals surface area contributed by atoms with Gasteiger partial charge >= 0.3 is 0 Å². The molecule has 1 heterocycles. The minimum absolute atomic E-state index is 0.0892. The molecule has 5 aromatic rings. The Hall–Kier alpha value is -4.60. The number of hydrogen-bond acceptors (Lipinski definition) is 7. The highest BCUT2D eigenvalue weighted by Gasteiger charge is 2.17. The van der Waals surface area contributed by atoms with Gasteiger partial charge in [-0.15, -0.1) is 10.2 Å². The van der Waals surface area contributed by atoms with Gasteiger partial charge in [-0.2, -0.15) is 5.10 Å². The first-order valence-electron chi connectivity index (χ1n) is 12.7. The number of ether oxygens (including phenoxy) is 2. The summed E-state index contributed by atoms with van der Waals surface area (Å²) in [6, 6.07) is 32.3. The molecule has 1 N–H and O–H groups in total. The van der Waals surface area contributed by atoms with Crippen molar-refractivity contribution in [2.45, 2.75) is 11.8 Å². The van der Waals surface area contributed by atoms with E-state index in [1.54, 1.807) is 25.5 Å². The van der Waals surface area contributed by atoms with Crippen LogP contribution in [0.25, 0.3) is 17.1 Å². The fraction of sp³-hybridized carbons (Fsp3) is 0.0968. The van der Waals surface area contributed by atoms with E-state index in [1.165, 1.54) is 11.8 Å². The van der Waals surface area contributed by atoms with Crippen molar-refractivity contribution in [3.63, 3.8) is 0 Å². The van der Waals surface area contributed by atoms with Crippen molar-refractivity contribution in [2.75, 3.05) is 12.9 Å². The number of aromatic nitrogens is 3. The fourth-order valence-corrected chi connectivity index (χ4v) is 4.75. The molecule has 1 amide bonds. The molecule has 0 fully saturated rings. The average molecular weight is 584 g/mol. The van der Waals surface area contributed by atoms with Crippen LogP contribution in [0.1, 0.15) is 11.1 Å². The number of nitrogens with one attached hydrogen (secondary N) is 1. The maximum absolute atomic E-state index is 12.6. The zero-order chi connectivity index (χ0) is 28.4. The third-order valence-corrected chi connectivity index (χ3v) is 7.09. The van der Waals surface area contributed by atoms with Crippen LogP contribution < -0.4 is 14.9 Å². The van der Waals surface area contributed by atoms with E-state index in [9.17, 15) is 4.79 Å². The smallest absolute Gasteiger partial charge is 0.250 e. The van der Waals surface area contributed by atoms with Crippen LogP contribution in [0.15, 0.2) is 113 Å². The Labute approximate surface area is 247 Å². The van der Waals surface area contributed by atoms with Crippen LogP contribution in [0, 0.1) is 0 Å². The number of rotatable bonds is 11. The van der Waals surface area contributed by atoms with E-state index >= 15 is 0 Å². The highest BCUT2D eigenvalue weighted by molar-refractivity contribution is 7.99. The van der Waals surface area contributed by atoms with E-state index < -0.39 is 0 Å². The second-order valence-corrected chi connectivity index (χ2v) is 10.2. The highest BCUT2D eigenvalue weighted by atomic mass is 35.5. The van der Waals surface area contributed by atoms with Crippen molar-refractivity contribution in [3.05, 3.63) is 119 Å². The molecule has 4 aromatic carbocycles. The molecule has 0 atom stereocenters. The van der Waals surface area contributed by atoms with Gasteiger partial charge in [-0.25, -0.2) is 5.43 Å². The third kappa shape index (κ3) is 7.53. The molecule has 0 bridgehead atoms. The summed E-state index contributed by atoms with van der Waals surface area (Å²) in [6.07, 6.45) is 1.58. The van der Waals surface area contributed by atoms with Crippen LogP contribution in [-0.2, 0) is 11.4 Å². The number of carbonyl (C=O) groups is 1.